The Bertz CT molecular complexity index is 302. The molecule has 1 aliphatic rings. The van der Waals surface area contributed by atoms with Gasteiger partial charge in [-0.15, -0.1) is 0 Å². The Morgan fingerprint density at radius 2 is 1.85 bits per heavy atom. The van der Waals surface area contributed by atoms with Crippen LogP contribution in [0.25, 0.3) is 0 Å². The lowest BCUT2D eigenvalue weighted by molar-refractivity contribution is 0.400. The first-order valence-electron chi connectivity index (χ1n) is 4.99. The van der Waals surface area contributed by atoms with Gasteiger partial charge in [-0.1, -0.05) is 24.3 Å². The summed E-state index contributed by atoms with van der Waals surface area (Å²) < 4.78 is 0. The second-order valence-corrected chi connectivity index (χ2v) is 4.51. The summed E-state index contributed by atoms with van der Waals surface area (Å²) in [5.41, 5.74) is 3.28. The fourth-order valence-corrected chi connectivity index (χ4v) is 2.05. The second kappa shape index (κ2) is 3.15. The third-order valence-corrected chi connectivity index (χ3v) is 2.75. The van der Waals surface area contributed by atoms with Gasteiger partial charge in [0.05, 0.1) is 0 Å². The largest absolute Gasteiger partial charge is 0.311 e. The van der Waals surface area contributed by atoms with Crippen LogP contribution >= 0.6 is 0 Å². The molecule has 1 heterocycles. The highest BCUT2D eigenvalue weighted by atomic mass is 15.0. The van der Waals surface area contributed by atoms with Gasteiger partial charge in [0.2, 0.25) is 0 Å². The number of hydrogen-bond donors (Lipinski definition) is 1. The molecule has 1 nitrogen and oxygen atoms in total. The first kappa shape index (κ1) is 8.76. The van der Waals surface area contributed by atoms with E-state index in [9.17, 15) is 0 Å². The van der Waals surface area contributed by atoms with Crippen LogP contribution in [0, 0.1) is 0 Å². The SMILES string of the molecule is CC1(C)Cc2ccccc2CCN1. The molecule has 0 saturated heterocycles. The van der Waals surface area contributed by atoms with Crippen molar-refractivity contribution < 1.29 is 0 Å². The lowest BCUT2D eigenvalue weighted by Crippen LogP contribution is -2.40. The molecule has 0 amide bonds. The van der Waals surface area contributed by atoms with Crippen LogP contribution in [0.4, 0.5) is 0 Å². The van der Waals surface area contributed by atoms with Gasteiger partial charge in [-0.2, -0.15) is 0 Å². The van der Waals surface area contributed by atoms with Gasteiger partial charge in [-0.05, 0) is 44.4 Å². The molecule has 1 aliphatic heterocycles. The molecule has 0 spiro atoms. The van der Waals surface area contributed by atoms with Crippen LogP contribution in [0.2, 0.25) is 0 Å². The van der Waals surface area contributed by atoms with Crippen molar-refractivity contribution in [3.63, 3.8) is 0 Å². The highest BCUT2D eigenvalue weighted by Crippen LogP contribution is 2.20. The highest BCUT2D eigenvalue weighted by molar-refractivity contribution is 5.30. The summed E-state index contributed by atoms with van der Waals surface area (Å²) in [4.78, 5) is 0. The number of rotatable bonds is 0. The minimum Gasteiger partial charge on any atom is -0.311 e. The normalized spacial score (nSPS) is 20.5. The fraction of sp³-hybridized carbons (Fsp3) is 0.500. The van der Waals surface area contributed by atoms with E-state index in [4.69, 9.17) is 0 Å². The zero-order valence-electron chi connectivity index (χ0n) is 8.43. The van der Waals surface area contributed by atoms with Crippen LogP contribution in [-0.2, 0) is 12.8 Å². The van der Waals surface area contributed by atoms with E-state index in [2.05, 4.69) is 43.4 Å². The molecule has 1 heteroatoms. The van der Waals surface area contributed by atoms with E-state index in [1.807, 2.05) is 0 Å². The van der Waals surface area contributed by atoms with E-state index in [-0.39, 0.29) is 5.54 Å². The summed E-state index contributed by atoms with van der Waals surface area (Å²) in [6.45, 7) is 5.65. The maximum Gasteiger partial charge on any atom is 0.0165 e. The molecule has 13 heavy (non-hydrogen) atoms. The quantitative estimate of drug-likeness (QED) is 0.637. The Morgan fingerprint density at radius 1 is 1.15 bits per heavy atom. The Balaban J connectivity index is 2.34. The molecule has 0 radical (unpaired) electrons. The maximum absolute atomic E-state index is 3.57. The number of hydrogen-bond acceptors (Lipinski definition) is 1. The van der Waals surface area contributed by atoms with E-state index in [1.165, 1.54) is 17.5 Å². The summed E-state index contributed by atoms with van der Waals surface area (Å²) in [6.07, 6.45) is 2.31. The van der Waals surface area contributed by atoms with Crippen molar-refractivity contribution in [2.24, 2.45) is 0 Å². The summed E-state index contributed by atoms with van der Waals surface area (Å²) in [7, 11) is 0. The molecule has 0 aromatic heterocycles. The standard InChI is InChI=1S/C12H17N/c1-12(2)9-11-6-4-3-5-10(11)7-8-13-12/h3-6,13H,7-9H2,1-2H3. The minimum absolute atomic E-state index is 0.257. The monoisotopic (exact) mass is 175 g/mol. The summed E-state index contributed by atoms with van der Waals surface area (Å²) in [5.74, 6) is 0. The highest BCUT2D eigenvalue weighted by Gasteiger charge is 2.21. The molecule has 1 N–H and O–H groups in total. The average molecular weight is 175 g/mol. The van der Waals surface area contributed by atoms with Gasteiger partial charge in [-0.25, -0.2) is 0 Å². The summed E-state index contributed by atoms with van der Waals surface area (Å²) in [6, 6.07) is 8.78. The molecule has 70 valence electrons. The average Bonchev–Trinajstić information content (AvgIpc) is 2.21. The lowest BCUT2D eigenvalue weighted by atomic mass is 9.93. The van der Waals surface area contributed by atoms with Crippen LogP contribution in [0.5, 0.6) is 0 Å². The molecule has 0 aliphatic carbocycles. The van der Waals surface area contributed by atoms with E-state index in [1.54, 1.807) is 0 Å². The van der Waals surface area contributed by atoms with Crippen molar-refractivity contribution in [2.75, 3.05) is 6.54 Å². The molecule has 0 saturated carbocycles. The van der Waals surface area contributed by atoms with E-state index < -0.39 is 0 Å². The zero-order valence-corrected chi connectivity index (χ0v) is 8.43. The number of benzene rings is 1. The molecule has 0 fully saturated rings. The Hall–Kier alpha value is -0.820. The Kier molecular flexibility index (Phi) is 2.12. The molecule has 1 aromatic carbocycles. The Labute approximate surface area is 80.2 Å². The van der Waals surface area contributed by atoms with E-state index in [0.717, 1.165) is 13.0 Å². The van der Waals surface area contributed by atoms with Gasteiger partial charge in [0, 0.05) is 5.54 Å². The molecular weight excluding hydrogens is 158 g/mol. The van der Waals surface area contributed by atoms with Crippen molar-refractivity contribution in [3.8, 4) is 0 Å². The molecule has 0 bridgehead atoms. The summed E-state index contributed by atoms with van der Waals surface area (Å²) >= 11 is 0. The van der Waals surface area contributed by atoms with Gasteiger partial charge in [0.15, 0.2) is 0 Å². The minimum atomic E-state index is 0.257. The predicted molar refractivity (Wildman–Crippen MR) is 55.9 cm³/mol. The van der Waals surface area contributed by atoms with Gasteiger partial charge in [0.1, 0.15) is 0 Å². The second-order valence-electron chi connectivity index (χ2n) is 4.51. The predicted octanol–water partition coefficient (Wildman–Crippen LogP) is 2.15. The van der Waals surface area contributed by atoms with Gasteiger partial charge in [-0.3, -0.25) is 0 Å². The third kappa shape index (κ3) is 1.92. The smallest absolute Gasteiger partial charge is 0.0165 e. The van der Waals surface area contributed by atoms with Gasteiger partial charge >= 0.3 is 0 Å². The van der Waals surface area contributed by atoms with Crippen molar-refractivity contribution in [2.45, 2.75) is 32.2 Å². The van der Waals surface area contributed by atoms with Crippen molar-refractivity contribution in [3.05, 3.63) is 35.4 Å². The zero-order chi connectivity index (χ0) is 9.31. The fourth-order valence-electron chi connectivity index (χ4n) is 2.05. The number of fused-ring (bicyclic) bond motifs is 1. The van der Waals surface area contributed by atoms with Gasteiger partial charge < -0.3 is 5.32 Å². The lowest BCUT2D eigenvalue weighted by Gasteiger charge is -2.24. The van der Waals surface area contributed by atoms with E-state index in [0.29, 0.717) is 0 Å². The first-order valence-corrected chi connectivity index (χ1v) is 4.99. The number of nitrogens with one attached hydrogen (secondary N) is 1. The first-order chi connectivity index (χ1) is 6.17. The molecule has 0 unspecified atom stereocenters. The van der Waals surface area contributed by atoms with E-state index >= 15 is 0 Å². The van der Waals surface area contributed by atoms with Crippen molar-refractivity contribution in [1.82, 2.24) is 5.32 Å². The van der Waals surface area contributed by atoms with Crippen LogP contribution in [-0.4, -0.2) is 12.1 Å². The third-order valence-electron chi connectivity index (χ3n) is 2.75. The van der Waals surface area contributed by atoms with Crippen LogP contribution in [0.3, 0.4) is 0 Å². The topological polar surface area (TPSA) is 12.0 Å². The van der Waals surface area contributed by atoms with Crippen LogP contribution < -0.4 is 5.32 Å². The van der Waals surface area contributed by atoms with Crippen molar-refractivity contribution >= 4 is 0 Å². The molecule has 1 aromatic rings. The summed E-state index contributed by atoms with van der Waals surface area (Å²) in [5, 5.41) is 3.57. The Morgan fingerprint density at radius 3 is 2.62 bits per heavy atom. The maximum atomic E-state index is 3.57. The molecular formula is C12H17N. The van der Waals surface area contributed by atoms with Crippen molar-refractivity contribution in [1.29, 1.82) is 0 Å². The molecule has 0 atom stereocenters. The molecule has 2 rings (SSSR count). The van der Waals surface area contributed by atoms with Gasteiger partial charge in [0.25, 0.3) is 0 Å². The van der Waals surface area contributed by atoms with Crippen LogP contribution in [0.15, 0.2) is 24.3 Å². The van der Waals surface area contributed by atoms with Crippen LogP contribution in [0.1, 0.15) is 25.0 Å².